The van der Waals surface area contributed by atoms with E-state index in [0.717, 1.165) is 22.8 Å². The highest BCUT2D eigenvalue weighted by molar-refractivity contribution is 5.89. The second-order valence-electron chi connectivity index (χ2n) is 6.72. The molecule has 0 atom stereocenters. The second kappa shape index (κ2) is 7.56. The van der Waals surface area contributed by atoms with Gasteiger partial charge in [0.1, 0.15) is 5.75 Å². The molecule has 0 saturated carbocycles. The third-order valence-corrected chi connectivity index (χ3v) is 4.27. The van der Waals surface area contributed by atoms with Gasteiger partial charge in [-0.3, -0.25) is 0 Å². The standard InChI is InChI=1S/C20H24N2O4/c1-4-24-16-8-6-15(7-9-16)22-19(23)21-12-20(2,3)14-5-10-17-18(11-14)26-13-25-17/h5-11H,4,12-13H2,1-3H3,(H2,21,22,23). The van der Waals surface area contributed by atoms with E-state index in [9.17, 15) is 4.79 Å². The van der Waals surface area contributed by atoms with E-state index in [4.69, 9.17) is 14.2 Å². The fraction of sp³-hybridized carbons (Fsp3) is 0.350. The van der Waals surface area contributed by atoms with E-state index < -0.39 is 0 Å². The number of hydrogen-bond donors (Lipinski definition) is 2. The zero-order chi connectivity index (χ0) is 18.6. The minimum absolute atomic E-state index is 0.247. The summed E-state index contributed by atoms with van der Waals surface area (Å²) in [5.41, 5.74) is 1.53. The number of benzene rings is 2. The molecule has 0 saturated heterocycles. The fourth-order valence-corrected chi connectivity index (χ4v) is 2.70. The second-order valence-corrected chi connectivity index (χ2v) is 6.72. The average molecular weight is 356 g/mol. The van der Waals surface area contributed by atoms with Crippen LogP contribution in [0.1, 0.15) is 26.3 Å². The highest BCUT2D eigenvalue weighted by atomic mass is 16.7. The Morgan fingerprint density at radius 1 is 1.12 bits per heavy atom. The molecule has 1 heterocycles. The van der Waals surface area contributed by atoms with Crippen molar-refractivity contribution in [3.63, 3.8) is 0 Å². The van der Waals surface area contributed by atoms with Gasteiger partial charge >= 0.3 is 6.03 Å². The first-order chi connectivity index (χ1) is 12.5. The van der Waals surface area contributed by atoms with Gasteiger partial charge in [0.15, 0.2) is 11.5 Å². The van der Waals surface area contributed by atoms with Gasteiger partial charge in [-0.15, -0.1) is 0 Å². The van der Waals surface area contributed by atoms with Gasteiger partial charge in [0.05, 0.1) is 6.61 Å². The number of hydrogen-bond acceptors (Lipinski definition) is 4. The Balaban J connectivity index is 1.56. The lowest BCUT2D eigenvalue weighted by Gasteiger charge is -2.26. The highest BCUT2D eigenvalue weighted by Crippen LogP contribution is 2.36. The molecule has 1 aliphatic rings. The number of anilines is 1. The molecule has 0 radical (unpaired) electrons. The number of carbonyl (C=O) groups is 1. The summed E-state index contributed by atoms with van der Waals surface area (Å²) in [4.78, 5) is 12.2. The van der Waals surface area contributed by atoms with Crippen molar-refractivity contribution in [3.05, 3.63) is 48.0 Å². The number of amides is 2. The number of urea groups is 1. The molecule has 0 fully saturated rings. The van der Waals surface area contributed by atoms with Crippen LogP contribution in [0.3, 0.4) is 0 Å². The van der Waals surface area contributed by atoms with Crippen molar-refractivity contribution < 1.29 is 19.0 Å². The minimum Gasteiger partial charge on any atom is -0.494 e. The predicted molar refractivity (Wildman–Crippen MR) is 100 cm³/mol. The molecule has 138 valence electrons. The molecule has 2 aromatic carbocycles. The topological polar surface area (TPSA) is 68.8 Å². The zero-order valence-corrected chi connectivity index (χ0v) is 15.3. The molecule has 2 N–H and O–H groups in total. The fourth-order valence-electron chi connectivity index (χ4n) is 2.70. The van der Waals surface area contributed by atoms with Gasteiger partial charge < -0.3 is 24.8 Å². The Morgan fingerprint density at radius 2 is 1.85 bits per heavy atom. The third-order valence-electron chi connectivity index (χ3n) is 4.27. The lowest BCUT2D eigenvalue weighted by Crippen LogP contribution is -2.38. The Bertz CT molecular complexity index is 772. The van der Waals surface area contributed by atoms with Gasteiger partial charge in [0.25, 0.3) is 0 Å². The molecule has 0 spiro atoms. The van der Waals surface area contributed by atoms with Crippen LogP contribution >= 0.6 is 0 Å². The number of fused-ring (bicyclic) bond motifs is 1. The summed E-state index contributed by atoms with van der Waals surface area (Å²) in [6.07, 6.45) is 0. The van der Waals surface area contributed by atoms with Crippen molar-refractivity contribution in [1.82, 2.24) is 5.32 Å². The Morgan fingerprint density at radius 3 is 2.58 bits per heavy atom. The molecule has 2 aromatic rings. The monoisotopic (exact) mass is 356 g/mol. The summed E-state index contributed by atoms with van der Waals surface area (Å²) >= 11 is 0. The van der Waals surface area contributed by atoms with E-state index in [1.807, 2.05) is 49.4 Å². The molecule has 6 heteroatoms. The van der Waals surface area contributed by atoms with Gasteiger partial charge in [-0.2, -0.15) is 0 Å². The number of nitrogens with one attached hydrogen (secondary N) is 2. The zero-order valence-electron chi connectivity index (χ0n) is 15.3. The SMILES string of the molecule is CCOc1ccc(NC(=O)NCC(C)(C)c2ccc3c(c2)OCO3)cc1. The smallest absolute Gasteiger partial charge is 0.319 e. The molecule has 2 amide bonds. The number of carbonyl (C=O) groups excluding carboxylic acids is 1. The van der Waals surface area contributed by atoms with Crippen LogP contribution < -0.4 is 24.8 Å². The first-order valence-corrected chi connectivity index (χ1v) is 8.66. The van der Waals surface area contributed by atoms with Crippen molar-refractivity contribution in [1.29, 1.82) is 0 Å². The summed E-state index contributed by atoms with van der Waals surface area (Å²) in [6, 6.07) is 12.9. The Labute approximate surface area is 153 Å². The molecule has 3 rings (SSSR count). The van der Waals surface area contributed by atoms with Crippen LogP contribution in [-0.4, -0.2) is 26.0 Å². The van der Waals surface area contributed by atoms with Crippen molar-refractivity contribution in [3.8, 4) is 17.2 Å². The molecule has 26 heavy (non-hydrogen) atoms. The van der Waals surface area contributed by atoms with Gasteiger partial charge in [-0.1, -0.05) is 19.9 Å². The third kappa shape index (κ3) is 4.20. The van der Waals surface area contributed by atoms with Crippen molar-refractivity contribution in [2.75, 3.05) is 25.3 Å². The van der Waals surface area contributed by atoms with E-state index in [0.29, 0.717) is 18.8 Å². The number of ether oxygens (including phenoxy) is 3. The van der Waals surface area contributed by atoms with E-state index in [1.54, 1.807) is 0 Å². The van der Waals surface area contributed by atoms with Crippen LogP contribution in [0.4, 0.5) is 10.5 Å². The quantitative estimate of drug-likeness (QED) is 0.823. The van der Waals surface area contributed by atoms with Crippen LogP contribution in [0.15, 0.2) is 42.5 Å². The van der Waals surface area contributed by atoms with Crippen LogP contribution in [0, 0.1) is 0 Å². The summed E-state index contributed by atoms with van der Waals surface area (Å²) < 4.78 is 16.2. The van der Waals surface area contributed by atoms with Crippen LogP contribution in [-0.2, 0) is 5.41 Å². The first-order valence-electron chi connectivity index (χ1n) is 8.66. The maximum absolute atomic E-state index is 12.2. The van der Waals surface area contributed by atoms with Crippen LogP contribution in [0.2, 0.25) is 0 Å². The maximum Gasteiger partial charge on any atom is 0.319 e. The first kappa shape index (κ1) is 17.9. The van der Waals surface area contributed by atoms with Gasteiger partial charge in [0.2, 0.25) is 6.79 Å². The van der Waals surface area contributed by atoms with Crippen LogP contribution in [0.5, 0.6) is 17.2 Å². The highest BCUT2D eigenvalue weighted by Gasteiger charge is 2.24. The van der Waals surface area contributed by atoms with Crippen LogP contribution in [0.25, 0.3) is 0 Å². The van der Waals surface area contributed by atoms with Crippen molar-refractivity contribution >= 4 is 11.7 Å². The molecule has 0 aromatic heterocycles. The average Bonchev–Trinajstić information content (AvgIpc) is 3.10. The predicted octanol–water partition coefficient (Wildman–Crippen LogP) is 3.91. The van der Waals surface area contributed by atoms with Crippen molar-refractivity contribution in [2.45, 2.75) is 26.2 Å². The van der Waals surface area contributed by atoms with E-state index in [2.05, 4.69) is 24.5 Å². The molecule has 0 bridgehead atoms. The Hall–Kier alpha value is -2.89. The normalized spacial score (nSPS) is 12.6. The van der Waals surface area contributed by atoms with E-state index in [-0.39, 0.29) is 18.2 Å². The maximum atomic E-state index is 12.2. The summed E-state index contributed by atoms with van der Waals surface area (Å²) in [5.74, 6) is 2.28. The lowest BCUT2D eigenvalue weighted by atomic mass is 9.84. The summed E-state index contributed by atoms with van der Waals surface area (Å²) in [6.45, 7) is 7.42. The van der Waals surface area contributed by atoms with Gasteiger partial charge in [-0.05, 0) is 48.9 Å². The Kier molecular flexibility index (Phi) is 5.21. The molecule has 0 aliphatic carbocycles. The van der Waals surface area contributed by atoms with Gasteiger partial charge in [-0.25, -0.2) is 4.79 Å². The van der Waals surface area contributed by atoms with Crippen molar-refractivity contribution in [2.24, 2.45) is 0 Å². The molecular formula is C20H24N2O4. The molecule has 6 nitrogen and oxygen atoms in total. The lowest BCUT2D eigenvalue weighted by molar-refractivity contribution is 0.174. The molecular weight excluding hydrogens is 332 g/mol. The van der Waals surface area contributed by atoms with Gasteiger partial charge in [0, 0.05) is 17.6 Å². The minimum atomic E-state index is -0.253. The van der Waals surface area contributed by atoms with E-state index >= 15 is 0 Å². The van der Waals surface area contributed by atoms with E-state index in [1.165, 1.54) is 0 Å². The summed E-state index contributed by atoms with van der Waals surface area (Å²) in [5, 5.41) is 5.75. The largest absolute Gasteiger partial charge is 0.494 e. The number of rotatable bonds is 6. The molecule has 0 unspecified atom stereocenters. The molecule has 1 aliphatic heterocycles. The summed E-state index contributed by atoms with van der Waals surface area (Å²) in [7, 11) is 0.